The Hall–Kier alpha value is -0.570. The van der Waals surface area contributed by atoms with E-state index in [9.17, 15) is 0 Å². The maximum absolute atomic E-state index is 5.53. The SMILES string of the molecule is Cc1cc(OC2CC2)ncc1Br. The lowest BCUT2D eigenvalue weighted by Crippen LogP contribution is -1.98. The van der Waals surface area contributed by atoms with Gasteiger partial charge in [-0.2, -0.15) is 0 Å². The molecular weight excluding hydrogens is 218 g/mol. The topological polar surface area (TPSA) is 22.1 Å². The maximum atomic E-state index is 5.53. The first-order chi connectivity index (χ1) is 5.75. The van der Waals surface area contributed by atoms with Gasteiger partial charge >= 0.3 is 0 Å². The predicted molar refractivity (Wildman–Crippen MR) is 50.3 cm³/mol. The Bertz CT molecular complexity index is 297. The first-order valence-electron chi connectivity index (χ1n) is 4.04. The standard InChI is InChI=1S/C9H10BrNO/c1-6-4-9(11-5-8(6)10)12-7-2-3-7/h4-5,7H,2-3H2,1H3. The second-order valence-corrected chi connectivity index (χ2v) is 3.94. The van der Waals surface area contributed by atoms with Gasteiger partial charge in [-0.25, -0.2) is 4.98 Å². The normalized spacial score (nSPS) is 16.2. The highest BCUT2D eigenvalue weighted by atomic mass is 79.9. The summed E-state index contributed by atoms with van der Waals surface area (Å²) < 4.78 is 6.56. The molecule has 0 N–H and O–H groups in total. The van der Waals surface area contributed by atoms with Crippen molar-refractivity contribution in [1.29, 1.82) is 0 Å². The Kier molecular flexibility index (Phi) is 2.05. The van der Waals surface area contributed by atoms with Gasteiger partial charge in [0.05, 0.1) is 0 Å². The molecular formula is C9H10BrNO. The predicted octanol–water partition coefficient (Wildman–Crippen LogP) is 2.69. The molecule has 1 heterocycles. The Morgan fingerprint density at radius 1 is 1.58 bits per heavy atom. The second kappa shape index (κ2) is 3.05. The van der Waals surface area contributed by atoms with Gasteiger partial charge in [-0.3, -0.25) is 0 Å². The monoisotopic (exact) mass is 227 g/mol. The molecule has 64 valence electrons. The zero-order chi connectivity index (χ0) is 8.55. The number of hydrogen-bond donors (Lipinski definition) is 0. The van der Waals surface area contributed by atoms with Crippen molar-refractivity contribution in [2.24, 2.45) is 0 Å². The van der Waals surface area contributed by atoms with E-state index >= 15 is 0 Å². The molecule has 2 rings (SSSR count). The van der Waals surface area contributed by atoms with Crippen molar-refractivity contribution in [2.45, 2.75) is 25.9 Å². The summed E-state index contributed by atoms with van der Waals surface area (Å²) in [7, 11) is 0. The van der Waals surface area contributed by atoms with E-state index in [-0.39, 0.29) is 0 Å². The summed E-state index contributed by atoms with van der Waals surface area (Å²) >= 11 is 3.39. The summed E-state index contributed by atoms with van der Waals surface area (Å²) in [5.41, 5.74) is 1.17. The van der Waals surface area contributed by atoms with Crippen LogP contribution in [0.1, 0.15) is 18.4 Å². The average molecular weight is 228 g/mol. The molecule has 3 heteroatoms. The Morgan fingerprint density at radius 2 is 2.33 bits per heavy atom. The molecule has 0 amide bonds. The van der Waals surface area contributed by atoms with E-state index in [1.54, 1.807) is 6.20 Å². The molecule has 1 aromatic rings. The van der Waals surface area contributed by atoms with Crippen molar-refractivity contribution < 1.29 is 4.74 Å². The highest BCUT2D eigenvalue weighted by Crippen LogP contribution is 2.27. The lowest BCUT2D eigenvalue weighted by Gasteiger charge is -2.04. The number of ether oxygens (including phenoxy) is 1. The molecule has 0 saturated heterocycles. The van der Waals surface area contributed by atoms with Gasteiger partial charge in [-0.1, -0.05) is 0 Å². The van der Waals surface area contributed by atoms with E-state index < -0.39 is 0 Å². The molecule has 1 aliphatic carbocycles. The third-order valence-electron chi connectivity index (χ3n) is 1.83. The van der Waals surface area contributed by atoms with Gasteiger partial charge in [-0.15, -0.1) is 0 Å². The Morgan fingerprint density at radius 3 is 2.92 bits per heavy atom. The van der Waals surface area contributed by atoms with Crippen LogP contribution in [0, 0.1) is 6.92 Å². The minimum absolute atomic E-state index is 0.429. The van der Waals surface area contributed by atoms with Crippen LogP contribution in [0.3, 0.4) is 0 Å². The number of pyridine rings is 1. The van der Waals surface area contributed by atoms with Crippen LogP contribution in [0.5, 0.6) is 5.88 Å². The molecule has 0 bridgehead atoms. The van der Waals surface area contributed by atoms with Crippen LogP contribution < -0.4 is 4.74 Å². The van der Waals surface area contributed by atoms with Gasteiger partial charge in [0.15, 0.2) is 0 Å². The van der Waals surface area contributed by atoms with Gasteiger partial charge in [-0.05, 0) is 41.3 Å². The van der Waals surface area contributed by atoms with Gasteiger partial charge in [0.2, 0.25) is 5.88 Å². The van der Waals surface area contributed by atoms with Crippen molar-refractivity contribution in [3.63, 3.8) is 0 Å². The highest BCUT2D eigenvalue weighted by molar-refractivity contribution is 9.10. The molecule has 2 nitrogen and oxygen atoms in total. The van der Waals surface area contributed by atoms with Crippen LogP contribution in [0.4, 0.5) is 0 Å². The van der Waals surface area contributed by atoms with Crippen molar-refractivity contribution in [2.75, 3.05) is 0 Å². The smallest absolute Gasteiger partial charge is 0.213 e. The average Bonchev–Trinajstić information content (AvgIpc) is 2.81. The zero-order valence-electron chi connectivity index (χ0n) is 6.88. The summed E-state index contributed by atoms with van der Waals surface area (Å²) in [6, 6.07) is 1.96. The van der Waals surface area contributed by atoms with Crippen molar-refractivity contribution >= 4 is 15.9 Å². The fourth-order valence-electron chi connectivity index (χ4n) is 0.935. The molecule has 1 aliphatic rings. The highest BCUT2D eigenvalue weighted by Gasteiger charge is 2.23. The first-order valence-corrected chi connectivity index (χ1v) is 4.84. The molecule has 1 aromatic heterocycles. The van der Waals surface area contributed by atoms with E-state index in [0.717, 1.165) is 10.4 Å². The summed E-state index contributed by atoms with van der Waals surface area (Å²) in [5.74, 6) is 0.748. The first kappa shape index (κ1) is 8.05. The Labute approximate surface area is 80.1 Å². The third kappa shape index (κ3) is 1.78. The molecule has 1 saturated carbocycles. The quantitative estimate of drug-likeness (QED) is 0.776. The van der Waals surface area contributed by atoms with Gasteiger partial charge in [0.25, 0.3) is 0 Å². The molecule has 0 spiro atoms. The van der Waals surface area contributed by atoms with E-state index in [1.165, 1.54) is 18.4 Å². The largest absolute Gasteiger partial charge is 0.474 e. The van der Waals surface area contributed by atoms with Crippen LogP contribution >= 0.6 is 15.9 Å². The molecule has 12 heavy (non-hydrogen) atoms. The molecule has 0 aliphatic heterocycles. The molecule has 0 atom stereocenters. The fraction of sp³-hybridized carbons (Fsp3) is 0.444. The summed E-state index contributed by atoms with van der Waals surface area (Å²) in [6.45, 7) is 2.03. The second-order valence-electron chi connectivity index (χ2n) is 3.09. The molecule has 0 aromatic carbocycles. The minimum Gasteiger partial charge on any atom is -0.474 e. The molecule has 1 fully saturated rings. The zero-order valence-corrected chi connectivity index (χ0v) is 8.47. The van der Waals surface area contributed by atoms with Crippen molar-refractivity contribution in [3.05, 3.63) is 22.3 Å². The van der Waals surface area contributed by atoms with E-state index in [0.29, 0.717) is 6.10 Å². The summed E-state index contributed by atoms with van der Waals surface area (Å²) in [5, 5.41) is 0. The molecule has 0 radical (unpaired) electrons. The van der Waals surface area contributed by atoms with Crippen LogP contribution in [0.2, 0.25) is 0 Å². The maximum Gasteiger partial charge on any atom is 0.213 e. The van der Waals surface area contributed by atoms with Gasteiger partial charge in [0, 0.05) is 16.7 Å². The number of rotatable bonds is 2. The third-order valence-corrected chi connectivity index (χ3v) is 2.66. The van der Waals surface area contributed by atoms with Gasteiger partial charge in [0.1, 0.15) is 6.10 Å². The van der Waals surface area contributed by atoms with E-state index in [2.05, 4.69) is 20.9 Å². The molecule has 0 unspecified atom stereocenters. The van der Waals surface area contributed by atoms with E-state index in [1.807, 2.05) is 13.0 Å². The fourth-order valence-corrected chi connectivity index (χ4v) is 1.15. The van der Waals surface area contributed by atoms with Gasteiger partial charge < -0.3 is 4.74 Å². The number of aryl methyl sites for hydroxylation is 1. The number of nitrogens with zero attached hydrogens (tertiary/aromatic N) is 1. The lowest BCUT2D eigenvalue weighted by molar-refractivity contribution is 0.291. The van der Waals surface area contributed by atoms with Crippen LogP contribution in [-0.4, -0.2) is 11.1 Å². The van der Waals surface area contributed by atoms with Crippen molar-refractivity contribution in [3.8, 4) is 5.88 Å². The van der Waals surface area contributed by atoms with E-state index in [4.69, 9.17) is 4.74 Å². The number of hydrogen-bond acceptors (Lipinski definition) is 2. The summed E-state index contributed by atoms with van der Waals surface area (Å²) in [4.78, 5) is 4.15. The number of halogens is 1. The van der Waals surface area contributed by atoms with Crippen LogP contribution in [0.25, 0.3) is 0 Å². The number of aromatic nitrogens is 1. The van der Waals surface area contributed by atoms with Crippen LogP contribution in [-0.2, 0) is 0 Å². The van der Waals surface area contributed by atoms with Crippen molar-refractivity contribution in [1.82, 2.24) is 4.98 Å². The summed E-state index contributed by atoms with van der Waals surface area (Å²) in [6.07, 6.45) is 4.57. The Balaban J connectivity index is 2.15. The minimum atomic E-state index is 0.429. The van der Waals surface area contributed by atoms with Crippen LogP contribution in [0.15, 0.2) is 16.7 Å². The lowest BCUT2D eigenvalue weighted by atomic mass is 10.3.